The van der Waals surface area contributed by atoms with E-state index in [-0.39, 0.29) is 16.9 Å². The topological polar surface area (TPSA) is 70.5 Å². The summed E-state index contributed by atoms with van der Waals surface area (Å²) in [4.78, 5) is 4.09. The Balaban J connectivity index is 1.85. The number of aromatic nitrogens is 1. The number of fused-ring (bicyclic) bond motifs is 1. The monoisotopic (exact) mass is 268 g/mol. The summed E-state index contributed by atoms with van der Waals surface area (Å²) in [7, 11) is -3.44. The molecule has 3 rings (SSSR count). The number of hydrogen-bond acceptors (Lipinski definition) is 4. The van der Waals surface area contributed by atoms with E-state index in [9.17, 15) is 13.5 Å². The van der Waals surface area contributed by atoms with Gasteiger partial charge < -0.3 is 5.11 Å². The van der Waals surface area contributed by atoms with Crippen LogP contribution in [0.4, 0.5) is 0 Å². The number of rotatable bonds is 2. The molecule has 0 bridgehead atoms. The summed E-state index contributed by atoms with van der Waals surface area (Å²) in [6.45, 7) is 0.960. The standard InChI is InChI=1S/C12H16N2O3S/c15-12-4-3-9-7-14(8-11(9)12)18(16,17)10-2-1-5-13-6-10/h1-2,5-6,9,11-12,15H,3-4,7-8H2. The van der Waals surface area contributed by atoms with Gasteiger partial charge in [-0.3, -0.25) is 4.98 Å². The van der Waals surface area contributed by atoms with Crippen molar-refractivity contribution in [1.29, 1.82) is 0 Å². The van der Waals surface area contributed by atoms with Crippen molar-refractivity contribution >= 4 is 10.0 Å². The molecular weight excluding hydrogens is 252 g/mol. The summed E-state index contributed by atoms with van der Waals surface area (Å²) < 4.78 is 26.2. The fourth-order valence-corrected chi connectivity index (χ4v) is 4.54. The number of nitrogens with zero attached hydrogens (tertiary/aromatic N) is 2. The quantitative estimate of drug-likeness (QED) is 0.846. The van der Waals surface area contributed by atoms with E-state index in [0.717, 1.165) is 12.8 Å². The zero-order chi connectivity index (χ0) is 12.8. The van der Waals surface area contributed by atoms with Crippen LogP contribution in [0.15, 0.2) is 29.4 Å². The molecule has 0 amide bonds. The maximum atomic E-state index is 12.4. The molecule has 0 spiro atoms. The summed E-state index contributed by atoms with van der Waals surface area (Å²) in [5, 5.41) is 9.82. The fraction of sp³-hybridized carbons (Fsp3) is 0.583. The first kappa shape index (κ1) is 12.1. The summed E-state index contributed by atoms with van der Waals surface area (Å²) in [5.41, 5.74) is 0. The molecule has 2 heterocycles. The van der Waals surface area contributed by atoms with Gasteiger partial charge in [0.15, 0.2) is 0 Å². The third kappa shape index (κ3) is 1.84. The van der Waals surface area contributed by atoms with Crippen LogP contribution in [0.3, 0.4) is 0 Å². The molecule has 3 unspecified atom stereocenters. The average molecular weight is 268 g/mol. The molecule has 3 atom stereocenters. The minimum Gasteiger partial charge on any atom is -0.393 e. The third-order valence-electron chi connectivity index (χ3n) is 4.06. The lowest BCUT2D eigenvalue weighted by atomic mass is 10.00. The van der Waals surface area contributed by atoms with Crippen molar-refractivity contribution in [3.8, 4) is 0 Å². The summed E-state index contributed by atoms with van der Waals surface area (Å²) >= 11 is 0. The van der Waals surface area contributed by atoms with Gasteiger partial charge in [-0.25, -0.2) is 8.42 Å². The average Bonchev–Trinajstić information content (AvgIpc) is 2.94. The van der Waals surface area contributed by atoms with Gasteiger partial charge in [0.05, 0.1) is 6.10 Å². The molecule has 2 aliphatic rings. The summed E-state index contributed by atoms with van der Waals surface area (Å²) in [6, 6.07) is 3.19. The molecule has 0 aromatic carbocycles. The van der Waals surface area contributed by atoms with E-state index in [4.69, 9.17) is 0 Å². The number of sulfonamides is 1. The van der Waals surface area contributed by atoms with Gasteiger partial charge in [-0.05, 0) is 30.9 Å². The van der Waals surface area contributed by atoms with E-state index in [0.29, 0.717) is 19.0 Å². The van der Waals surface area contributed by atoms with Crippen LogP contribution in [0.25, 0.3) is 0 Å². The van der Waals surface area contributed by atoms with Crippen molar-refractivity contribution < 1.29 is 13.5 Å². The lowest BCUT2D eigenvalue weighted by Gasteiger charge is -2.17. The Morgan fingerprint density at radius 1 is 1.33 bits per heavy atom. The van der Waals surface area contributed by atoms with Crippen LogP contribution >= 0.6 is 0 Å². The first-order valence-electron chi connectivity index (χ1n) is 6.17. The van der Waals surface area contributed by atoms with Gasteiger partial charge in [0, 0.05) is 31.4 Å². The van der Waals surface area contributed by atoms with Crippen molar-refractivity contribution in [1.82, 2.24) is 9.29 Å². The van der Waals surface area contributed by atoms with Crippen LogP contribution in [0.1, 0.15) is 12.8 Å². The summed E-state index contributed by atoms with van der Waals surface area (Å²) in [5.74, 6) is 0.419. The maximum Gasteiger partial charge on any atom is 0.244 e. The Morgan fingerprint density at radius 2 is 2.17 bits per heavy atom. The van der Waals surface area contributed by atoms with Gasteiger partial charge in [-0.2, -0.15) is 4.31 Å². The van der Waals surface area contributed by atoms with Crippen LogP contribution in [0.2, 0.25) is 0 Å². The molecule has 1 aliphatic heterocycles. The highest BCUT2D eigenvalue weighted by Crippen LogP contribution is 2.39. The lowest BCUT2D eigenvalue weighted by Crippen LogP contribution is -2.31. The smallest absolute Gasteiger partial charge is 0.244 e. The largest absolute Gasteiger partial charge is 0.393 e. The number of pyridine rings is 1. The van der Waals surface area contributed by atoms with Gasteiger partial charge >= 0.3 is 0 Å². The van der Waals surface area contributed by atoms with E-state index in [2.05, 4.69) is 4.98 Å². The van der Waals surface area contributed by atoms with Crippen LogP contribution in [0, 0.1) is 11.8 Å². The minimum atomic E-state index is -3.44. The van der Waals surface area contributed by atoms with E-state index in [1.165, 1.54) is 10.5 Å². The van der Waals surface area contributed by atoms with Crippen LogP contribution < -0.4 is 0 Å². The number of aliphatic hydroxyl groups is 1. The highest BCUT2D eigenvalue weighted by Gasteiger charge is 2.45. The third-order valence-corrected chi connectivity index (χ3v) is 5.87. The molecule has 1 aromatic rings. The fourth-order valence-electron chi connectivity index (χ4n) is 3.04. The predicted molar refractivity (Wildman–Crippen MR) is 65.2 cm³/mol. The SMILES string of the molecule is O=S(=O)(c1cccnc1)N1CC2CCC(O)C2C1. The first-order chi connectivity index (χ1) is 8.59. The van der Waals surface area contributed by atoms with Crippen LogP contribution in [0.5, 0.6) is 0 Å². The van der Waals surface area contributed by atoms with Crippen LogP contribution in [-0.2, 0) is 10.0 Å². The predicted octanol–water partition coefficient (Wildman–Crippen LogP) is 0.473. The van der Waals surface area contributed by atoms with E-state index < -0.39 is 10.0 Å². The van der Waals surface area contributed by atoms with Gasteiger partial charge in [0.25, 0.3) is 0 Å². The van der Waals surface area contributed by atoms with E-state index in [1.54, 1.807) is 18.3 Å². The second-order valence-corrected chi connectivity index (χ2v) is 7.02. The molecule has 0 radical (unpaired) electrons. The molecule has 5 nitrogen and oxygen atoms in total. The molecule has 6 heteroatoms. The Labute approximate surface area is 107 Å². The molecule has 2 fully saturated rings. The second kappa shape index (κ2) is 4.29. The van der Waals surface area contributed by atoms with Gasteiger partial charge in [0.1, 0.15) is 4.90 Å². The molecule has 18 heavy (non-hydrogen) atoms. The molecule has 1 saturated carbocycles. The lowest BCUT2D eigenvalue weighted by molar-refractivity contribution is 0.129. The second-order valence-electron chi connectivity index (χ2n) is 5.08. The van der Waals surface area contributed by atoms with Gasteiger partial charge in [0.2, 0.25) is 10.0 Å². The summed E-state index contributed by atoms with van der Waals surface area (Å²) in [6.07, 6.45) is 4.31. The Morgan fingerprint density at radius 3 is 2.83 bits per heavy atom. The minimum absolute atomic E-state index is 0.108. The molecule has 1 N–H and O–H groups in total. The van der Waals surface area contributed by atoms with Gasteiger partial charge in [-0.15, -0.1) is 0 Å². The number of aliphatic hydroxyl groups excluding tert-OH is 1. The zero-order valence-electron chi connectivity index (χ0n) is 9.94. The van der Waals surface area contributed by atoms with Crippen LogP contribution in [-0.4, -0.2) is 42.0 Å². The molecule has 1 saturated heterocycles. The zero-order valence-corrected chi connectivity index (χ0v) is 10.8. The Bertz CT molecular complexity index is 532. The first-order valence-corrected chi connectivity index (χ1v) is 7.61. The van der Waals surface area contributed by atoms with Crippen molar-refractivity contribution in [3.05, 3.63) is 24.5 Å². The van der Waals surface area contributed by atoms with Crippen molar-refractivity contribution in [2.45, 2.75) is 23.8 Å². The van der Waals surface area contributed by atoms with Gasteiger partial charge in [-0.1, -0.05) is 0 Å². The van der Waals surface area contributed by atoms with Crippen molar-refractivity contribution in [2.75, 3.05) is 13.1 Å². The van der Waals surface area contributed by atoms with E-state index in [1.807, 2.05) is 0 Å². The Kier molecular flexibility index (Phi) is 2.88. The Hall–Kier alpha value is -0.980. The molecular formula is C12H16N2O3S. The highest BCUT2D eigenvalue weighted by atomic mass is 32.2. The van der Waals surface area contributed by atoms with Crippen molar-refractivity contribution in [2.24, 2.45) is 11.8 Å². The maximum absolute atomic E-state index is 12.4. The normalized spacial score (nSPS) is 32.6. The van der Waals surface area contributed by atoms with Crippen molar-refractivity contribution in [3.63, 3.8) is 0 Å². The molecule has 98 valence electrons. The number of hydrogen-bond donors (Lipinski definition) is 1. The molecule has 1 aliphatic carbocycles. The highest BCUT2D eigenvalue weighted by molar-refractivity contribution is 7.89. The molecule has 1 aromatic heterocycles. The van der Waals surface area contributed by atoms with E-state index >= 15 is 0 Å².